The summed E-state index contributed by atoms with van der Waals surface area (Å²) in [5, 5.41) is 5.86. The van der Waals surface area contributed by atoms with Crippen molar-refractivity contribution in [3.8, 4) is 5.75 Å². The Balaban J connectivity index is 1.78. The molecule has 28 heavy (non-hydrogen) atoms. The van der Waals surface area contributed by atoms with Crippen LogP contribution in [0.2, 0.25) is 0 Å². The molecule has 0 saturated carbocycles. The van der Waals surface area contributed by atoms with E-state index in [0.717, 1.165) is 17.9 Å². The molecule has 2 N–H and O–H groups in total. The quantitative estimate of drug-likeness (QED) is 0.596. The van der Waals surface area contributed by atoms with Crippen LogP contribution in [0.1, 0.15) is 37.6 Å². The average molecular weight is 384 g/mol. The first-order valence-electron chi connectivity index (χ1n) is 9.51. The highest BCUT2D eigenvalue weighted by Crippen LogP contribution is 2.16. The molecule has 0 unspecified atom stereocenters. The molecule has 150 valence electrons. The second-order valence-corrected chi connectivity index (χ2v) is 6.84. The molecule has 2 rings (SSSR count). The van der Waals surface area contributed by atoms with Crippen LogP contribution in [0.3, 0.4) is 0 Å². The van der Waals surface area contributed by atoms with E-state index in [-0.39, 0.29) is 18.4 Å². The van der Waals surface area contributed by atoms with Gasteiger partial charge in [0, 0.05) is 11.4 Å². The van der Waals surface area contributed by atoms with Crippen LogP contribution in [-0.4, -0.2) is 31.6 Å². The Hall–Kier alpha value is -3.02. The van der Waals surface area contributed by atoms with Gasteiger partial charge in [-0.15, -0.1) is 0 Å². The zero-order valence-corrected chi connectivity index (χ0v) is 16.7. The molecule has 2 aromatic rings. The van der Waals surface area contributed by atoms with E-state index in [1.54, 1.807) is 24.3 Å². The largest absolute Gasteiger partial charge is 0.493 e. The number of amides is 1. The van der Waals surface area contributed by atoms with Gasteiger partial charge in [0.2, 0.25) is 5.91 Å². The molecular formula is C22H28N2O4. The van der Waals surface area contributed by atoms with Gasteiger partial charge in [-0.1, -0.05) is 20.8 Å². The highest BCUT2D eigenvalue weighted by atomic mass is 16.5. The molecule has 0 saturated heterocycles. The van der Waals surface area contributed by atoms with Crippen LogP contribution >= 0.6 is 0 Å². The van der Waals surface area contributed by atoms with Crippen LogP contribution in [0, 0.1) is 5.92 Å². The van der Waals surface area contributed by atoms with Gasteiger partial charge in [0.15, 0.2) is 0 Å². The van der Waals surface area contributed by atoms with Gasteiger partial charge in [0.1, 0.15) is 5.75 Å². The average Bonchev–Trinajstić information content (AvgIpc) is 2.70. The number of hydrogen-bond acceptors (Lipinski definition) is 5. The number of ether oxygens (including phenoxy) is 2. The van der Waals surface area contributed by atoms with E-state index >= 15 is 0 Å². The Kier molecular flexibility index (Phi) is 8.34. The van der Waals surface area contributed by atoms with Crippen LogP contribution in [0.25, 0.3) is 0 Å². The minimum atomic E-state index is -0.359. The summed E-state index contributed by atoms with van der Waals surface area (Å²) in [5.41, 5.74) is 1.92. The SMILES string of the molecule is CCCOC(=O)c1ccc(NC(=O)CNc2ccc(OCC(C)C)cc2)cc1. The molecule has 2 aromatic carbocycles. The predicted octanol–water partition coefficient (Wildman–Crippen LogP) is 4.34. The Labute approximate surface area is 166 Å². The lowest BCUT2D eigenvalue weighted by Crippen LogP contribution is -2.21. The fourth-order valence-electron chi connectivity index (χ4n) is 2.29. The molecule has 0 spiro atoms. The summed E-state index contributed by atoms with van der Waals surface area (Å²) >= 11 is 0. The molecule has 6 nitrogen and oxygen atoms in total. The van der Waals surface area contributed by atoms with Gasteiger partial charge >= 0.3 is 5.97 Å². The van der Waals surface area contributed by atoms with Crippen molar-refractivity contribution in [2.45, 2.75) is 27.2 Å². The lowest BCUT2D eigenvalue weighted by molar-refractivity contribution is -0.114. The smallest absolute Gasteiger partial charge is 0.338 e. The predicted molar refractivity (Wildman–Crippen MR) is 111 cm³/mol. The third-order valence-electron chi connectivity index (χ3n) is 3.73. The summed E-state index contributed by atoms with van der Waals surface area (Å²) in [6.45, 7) is 7.33. The van der Waals surface area contributed by atoms with Crippen molar-refractivity contribution in [2.24, 2.45) is 5.92 Å². The van der Waals surface area contributed by atoms with Gasteiger partial charge in [0.05, 0.1) is 25.3 Å². The Morgan fingerprint density at radius 3 is 2.21 bits per heavy atom. The van der Waals surface area contributed by atoms with Gasteiger partial charge in [-0.2, -0.15) is 0 Å². The number of hydrogen-bond donors (Lipinski definition) is 2. The molecule has 0 bridgehead atoms. The zero-order valence-electron chi connectivity index (χ0n) is 16.7. The lowest BCUT2D eigenvalue weighted by Gasteiger charge is -2.11. The summed E-state index contributed by atoms with van der Waals surface area (Å²) in [7, 11) is 0. The number of rotatable bonds is 10. The highest BCUT2D eigenvalue weighted by Gasteiger charge is 2.08. The Bertz CT molecular complexity index is 755. The van der Waals surface area contributed by atoms with E-state index in [1.807, 2.05) is 31.2 Å². The molecule has 0 aliphatic rings. The standard InChI is InChI=1S/C22H28N2O4/c1-4-13-27-22(26)17-5-7-19(8-6-17)24-21(25)14-23-18-9-11-20(12-10-18)28-15-16(2)3/h5-12,16,23H,4,13-15H2,1-3H3,(H,24,25). The van der Waals surface area contributed by atoms with Crippen molar-refractivity contribution < 1.29 is 19.1 Å². The third kappa shape index (κ3) is 7.31. The molecule has 0 aliphatic heterocycles. The maximum absolute atomic E-state index is 12.1. The van der Waals surface area contributed by atoms with Crippen LogP contribution in [0.15, 0.2) is 48.5 Å². The van der Waals surface area contributed by atoms with Crippen LogP contribution in [-0.2, 0) is 9.53 Å². The number of anilines is 2. The van der Waals surface area contributed by atoms with Crippen molar-refractivity contribution in [1.29, 1.82) is 0 Å². The Morgan fingerprint density at radius 2 is 1.61 bits per heavy atom. The van der Waals surface area contributed by atoms with Gasteiger partial charge in [-0.3, -0.25) is 4.79 Å². The number of esters is 1. The minimum Gasteiger partial charge on any atom is -0.493 e. The molecule has 0 fully saturated rings. The number of carbonyl (C=O) groups is 2. The maximum Gasteiger partial charge on any atom is 0.338 e. The molecule has 0 atom stereocenters. The monoisotopic (exact) mass is 384 g/mol. The van der Waals surface area contributed by atoms with E-state index in [2.05, 4.69) is 24.5 Å². The van der Waals surface area contributed by atoms with Gasteiger partial charge in [-0.25, -0.2) is 4.79 Å². The molecule has 1 amide bonds. The molecular weight excluding hydrogens is 356 g/mol. The molecule has 0 aromatic heterocycles. The van der Waals surface area contributed by atoms with E-state index in [1.165, 1.54) is 0 Å². The van der Waals surface area contributed by atoms with Crippen molar-refractivity contribution in [3.05, 3.63) is 54.1 Å². The number of carbonyl (C=O) groups excluding carboxylic acids is 2. The van der Waals surface area contributed by atoms with Gasteiger partial charge < -0.3 is 20.1 Å². The van der Waals surface area contributed by atoms with Crippen molar-refractivity contribution in [1.82, 2.24) is 0 Å². The Morgan fingerprint density at radius 1 is 0.964 bits per heavy atom. The van der Waals surface area contributed by atoms with E-state index < -0.39 is 0 Å². The number of nitrogens with one attached hydrogen (secondary N) is 2. The molecule has 0 heterocycles. The fourth-order valence-corrected chi connectivity index (χ4v) is 2.29. The van der Waals surface area contributed by atoms with Gasteiger partial charge in [0.25, 0.3) is 0 Å². The van der Waals surface area contributed by atoms with E-state index in [4.69, 9.17) is 9.47 Å². The third-order valence-corrected chi connectivity index (χ3v) is 3.73. The maximum atomic E-state index is 12.1. The second-order valence-electron chi connectivity index (χ2n) is 6.84. The van der Waals surface area contributed by atoms with Crippen LogP contribution in [0.4, 0.5) is 11.4 Å². The summed E-state index contributed by atoms with van der Waals surface area (Å²) in [5.74, 6) is 0.738. The van der Waals surface area contributed by atoms with Crippen LogP contribution in [0.5, 0.6) is 5.75 Å². The number of benzene rings is 2. The van der Waals surface area contributed by atoms with Gasteiger partial charge in [-0.05, 0) is 60.9 Å². The summed E-state index contributed by atoms with van der Waals surface area (Å²) in [6.07, 6.45) is 0.778. The first-order valence-corrected chi connectivity index (χ1v) is 9.51. The van der Waals surface area contributed by atoms with Crippen molar-refractivity contribution >= 4 is 23.3 Å². The zero-order chi connectivity index (χ0) is 20.4. The molecule has 6 heteroatoms. The molecule has 0 radical (unpaired) electrons. The second kappa shape index (κ2) is 11.0. The first kappa shape index (κ1) is 21.3. The fraction of sp³-hybridized carbons (Fsp3) is 0.364. The van der Waals surface area contributed by atoms with E-state index in [9.17, 15) is 9.59 Å². The van der Waals surface area contributed by atoms with E-state index in [0.29, 0.717) is 30.4 Å². The topological polar surface area (TPSA) is 76.7 Å². The first-order chi connectivity index (χ1) is 13.5. The lowest BCUT2D eigenvalue weighted by atomic mass is 10.2. The normalized spacial score (nSPS) is 10.4. The summed E-state index contributed by atoms with van der Waals surface area (Å²) in [6, 6.07) is 14.1. The summed E-state index contributed by atoms with van der Waals surface area (Å²) < 4.78 is 10.7. The summed E-state index contributed by atoms with van der Waals surface area (Å²) in [4.78, 5) is 23.9. The highest BCUT2D eigenvalue weighted by molar-refractivity contribution is 5.95. The van der Waals surface area contributed by atoms with Crippen LogP contribution < -0.4 is 15.4 Å². The van der Waals surface area contributed by atoms with Crippen molar-refractivity contribution in [3.63, 3.8) is 0 Å². The molecule has 0 aliphatic carbocycles. The van der Waals surface area contributed by atoms with Crippen molar-refractivity contribution in [2.75, 3.05) is 30.4 Å². The minimum absolute atomic E-state index is 0.131.